The van der Waals surface area contributed by atoms with Crippen molar-refractivity contribution in [3.8, 4) is 0 Å². The highest BCUT2D eigenvalue weighted by molar-refractivity contribution is 6.74. The number of hydrogen-bond acceptors (Lipinski definition) is 3. The Hall–Kier alpha value is -0.0431. The topological polar surface area (TPSA) is 27.7 Å². The molecule has 6 heteroatoms. The van der Waals surface area contributed by atoms with E-state index in [1.807, 2.05) is 0 Å². The smallest absolute Gasteiger partial charge is 0.246 e. The van der Waals surface area contributed by atoms with Gasteiger partial charge < -0.3 is 13.9 Å². The quantitative estimate of drug-likeness (QED) is 0.749. The molecule has 2 aliphatic rings. The van der Waals surface area contributed by atoms with E-state index in [1.54, 1.807) is 0 Å². The minimum absolute atomic E-state index is 0.0738. The van der Waals surface area contributed by atoms with E-state index < -0.39 is 26.8 Å². The van der Waals surface area contributed by atoms with Crippen LogP contribution in [0.25, 0.3) is 0 Å². The highest BCUT2D eigenvalue weighted by atomic mass is 28.4. The second-order valence-corrected chi connectivity index (χ2v) is 11.8. The summed E-state index contributed by atoms with van der Waals surface area (Å²) in [6.07, 6.45) is -3.42. The van der Waals surface area contributed by atoms with Crippen molar-refractivity contribution >= 4 is 8.32 Å². The van der Waals surface area contributed by atoms with Crippen molar-refractivity contribution < 1.29 is 22.7 Å². The van der Waals surface area contributed by atoms with Gasteiger partial charge in [0, 0.05) is 0 Å². The number of rotatable bonds is 3. The Balaban J connectivity index is 2.02. The van der Waals surface area contributed by atoms with Crippen LogP contribution in [0.2, 0.25) is 18.1 Å². The molecular formula is C13H24F2O3Si. The average Bonchev–Trinajstić information content (AvgIpc) is 2.78. The van der Waals surface area contributed by atoms with Gasteiger partial charge in [-0.05, 0) is 18.1 Å². The monoisotopic (exact) mass is 294 g/mol. The highest BCUT2D eigenvalue weighted by Crippen LogP contribution is 2.41. The molecule has 2 heterocycles. The molecule has 112 valence electrons. The number of hydrogen-bond donors (Lipinski definition) is 0. The van der Waals surface area contributed by atoms with E-state index in [-0.39, 0.29) is 23.9 Å². The molecule has 3 nitrogen and oxygen atoms in total. The van der Waals surface area contributed by atoms with Gasteiger partial charge in [0.15, 0.2) is 8.32 Å². The normalized spacial score (nSPS) is 36.0. The van der Waals surface area contributed by atoms with Gasteiger partial charge in [0.2, 0.25) is 6.43 Å². The third kappa shape index (κ3) is 2.86. The van der Waals surface area contributed by atoms with Gasteiger partial charge in [0.1, 0.15) is 6.10 Å². The van der Waals surface area contributed by atoms with Crippen molar-refractivity contribution in [2.45, 2.75) is 63.6 Å². The molecule has 0 amide bonds. The van der Waals surface area contributed by atoms with Crippen LogP contribution >= 0.6 is 0 Å². The van der Waals surface area contributed by atoms with Crippen LogP contribution in [-0.4, -0.2) is 46.3 Å². The number of ether oxygens (including phenoxy) is 2. The van der Waals surface area contributed by atoms with Crippen LogP contribution < -0.4 is 0 Å². The average molecular weight is 294 g/mol. The Morgan fingerprint density at radius 2 is 1.68 bits per heavy atom. The molecule has 0 aromatic carbocycles. The van der Waals surface area contributed by atoms with Crippen LogP contribution in [0, 0.1) is 5.92 Å². The second-order valence-electron chi connectivity index (χ2n) is 7.01. The van der Waals surface area contributed by atoms with Crippen molar-refractivity contribution in [2.75, 3.05) is 13.2 Å². The van der Waals surface area contributed by atoms with E-state index >= 15 is 0 Å². The van der Waals surface area contributed by atoms with Gasteiger partial charge in [0.05, 0.1) is 31.3 Å². The first-order chi connectivity index (χ1) is 8.63. The number of halogens is 2. The van der Waals surface area contributed by atoms with E-state index in [1.165, 1.54) is 0 Å². The summed E-state index contributed by atoms with van der Waals surface area (Å²) in [6, 6.07) is 0. The molecule has 0 N–H and O–H groups in total. The number of alkyl halides is 2. The molecule has 4 atom stereocenters. The van der Waals surface area contributed by atoms with Crippen molar-refractivity contribution in [3.05, 3.63) is 0 Å². The second kappa shape index (κ2) is 5.06. The molecule has 2 saturated heterocycles. The zero-order valence-electron chi connectivity index (χ0n) is 12.3. The zero-order valence-corrected chi connectivity index (χ0v) is 13.3. The van der Waals surface area contributed by atoms with Crippen LogP contribution in [0.3, 0.4) is 0 Å². The first-order valence-electron chi connectivity index (χ1n) is 6.82. The van der Waals surface area contributed by atoms with Gasteiger partial charge >= 0.3 is 0 Å². The standard InChI is InChI=1S/C13H24F2O3Si/c1-13(2,3)19(4,5)18-9-7-17-10-8(12(14)15)6-16-11(9)10/h8-12H,6-7H2,1-5H3/t8-,9+,10+,11-/m0/s1. The minimum Gasteiger partial charge on any atom is -0.409 e. The first kappa shape index (κ1) is 15.3. The Bertz CT molecular complexity index is 330. The lowest BCUT2D eigenvalue weighted by Gasteiger charge is -2.39. The van der Waals surface area contributed by atoms with Crippen molar-refractivity contribution in [1.29, 1.82) is 0 Å². The Kier molecular flexibility index (Phi) is 4.08. The zero-order chi connectivity index (χ0) is 14.4. The molecule has 0 aliphatic carbocycles. The summed E-state index contributed by atoms with van der Waals surface area (Å²) in [5.74, 6) is -0.807. The predicted octanol–water partition coefficient (Wildman–Crippen LogP) is 3.06. The van der Waals surface area contributed by atoms with Crippen LogP contribution in [0.4, 0.5) is 8.78 Å². The summed E-state index contributed by atoms with van der Waals surface area (Å²) in [5.41, 5.74) is 0. The lowest BCUT2D eigenvalue weighted by atomic mass is 10.0. The van der Waals surface area contributed by atoms with Crippen LogP contribution in [-0.2, 0) is 13.9 Å². The van der Waals surface area contributed by atoms with Gasteiger partial charge in [-0.1, -0.05) is 20.8 Å². The maximum Gasteiger partial charge on any atom is 0.246 e. The fraction of sp³-hybridized carbons (Fsp3) is 1.00. The Morgan fingerprint density at radius 1 is 1.11 bits per heavy atom. The molecule has 0 aromatic heterocycles. The van der Waals surface area contributed by atoms with Crippen LogP contribution in [0.5, 0.6) is 0 Å². The summed E-state index contributed by atoms with van der Waals surface area (Å²) in [4.78, 5) is 0. The lowest BCUT2D eigenvalue weighted by molar-refractivity contribution is -0.0122. The summed E-state index contributed by atoms with van der Waals surface area (Å²) in [5, 5.41) is 0.0891. The molecule has 0 saturated carbocycles. The maximum absolute atomic E-state index is 12.8. The van der Waals surface area contributed by atoms with E-state index in [0.717, 1.165) is 0 Å². The van der Waals surface area contributed by atoms with Gasteiger partial charge in [0.25, 0.3) is 0 Å². The summed E-state index contributed by atoms with van der Waals surface area (Å²) in [7, 11) is -1.93. The maximum atomic E-state index is 12.8. The fourth-order valence-electron chi connectivity index (χ4n) is 2.37. The Labute approximate surface area is 114 Å². The molecular weight excluding hydrogens is 270 g/mol. The third-order valence-corrected chi connectivity index (χ3v) is 9.13. The van der Waals surface area contributed by atoms with Gasteiger partial charge in [-0.3, -0.25) is 0 Å². The Morgan fingerprint density at radius 3 is 2.21 bits per heavy atom. The molecule has 2 fully saturated rings. The van der Waals surface area contributed by atoms with E-state index in [4.69, 9.17) is 13.9 Å². The predicted molar refractivity (Wildman–Crippen MR) is 71.0 cm³/mol. The third-order valence-electron chi connectivity index (χ3n) is 4.62. The van der Waals surface area contributed by atoms with E-state index in [9.17, 15) is 8.78 Å². The molecule has 0 spiro atoms. The van der Waals surface area contributed by atoms with Gasteiger partial charge in [-0.25, -0.2) is 8.78 Å². The number of fused-ring (bicyclic) bond motifs is 1. The fourth-order valence-corrected chi connectivity index (χ4v) is 3.68. The van der Waals surface area contributed by atoms with Crippen LogP contribution in [0.15, 0.2) is 0 Å². The molecule has 0 aromatic rings. The van der Waals surface area contributed by atoms with Crippen molar-refractivity contribution in [1.82, 2.24) is 0 Å². The lowest BCUT2D eigenvalue weighted by Crippen LogP contribution is -2.47. The van der Waals surface area contributed by atoms with E-state index in [2.05, 4.69) is 33.9 Å². The minimum atomic E-state index is -2.39. The summed E-state index contributed by atoms with van der Waals surface area (Å²) < 4.78 is 43.0. The van der Waals surface area contributed by atoms with E-state index in [0.29, 0.717) is 6.61 Å². The SMILES string of the molecule is CC(C)(C)[Si](C)(C)O[C@@H]1CO[C@H]2[C@H]1OC[C@@H]2C(F)F. The molecule has 0 bridgehead atoms. The molecule has 19 heavy (non-hydrogen) atoms. The van der Waals surface area contributed by atoms with Gasteiger partial charge in [-0.2, -0.15) is 0 Å². The summed E-state index contributed by atoms with van der Waals surface area (Å²) >= 11 is 0. The first-order valence-corrected chi connectivity index (χ1v) is 9.73. The van der Waals surface area contributed by atoms with Crippen molar-refractivity contribution in [2.24, 2.45) is 5.92 Å². The highest BCUT2D eigenvalue weighted by Gasteiger charge is 2.53. The van der Waals surface area contributed by atoms with Crippen LogP contribution in [0.1, 0.15) is 20.8 Å². The summed E-state index contributed by atoms with van der Waals surface area (Å²) in [6.45, 7) is 11.2. The molecule has 0 unspecified atom stereocenters. The van der Waals surface area contributed by atoms with Gasteiger partial charge in [-0.15, -0.1) is 0 Å². The molecule has 0 radical (unpaired) electrons. The molecule has 2 aliphatic heterocycles. The molecule has 2 rings (SSSR count). The van der Waals surface area contributed by atoms with Crippen molar-refractivity contribution in [3.63, 3.8) is 0 Å². The largest absolute Gasteiger partial charge is 0.409 e.